The summed E-state index contributed by atoms with van der Waals surface area (Å²) in [6.45, 7) is 7.12. The minimum atomic E-state index is -1.01. The van der Waals surface area contributed by atoms with Gasteiger partial charge in [-0.3, -0.25) is 4.90 Å². The molecular weight excluding hydrogens is 230 g/mol. The standard InChI is InChI=1S/C10H15NO4S/c1-4-5-15-9(14)11-6-16-10(2,3)7(11)8(12)13/h4,7H,1,5-6H2,2-3H3,(H,12,13). The Labute approximate surface area is 98.4 Å². The smallest absolute Gasteiger partial charge is 0.411 e. The van der Waals surface area contributed by atoms with E-state index in [1.807, 2.05) is 0 Å². The van der Waals surface area contributed by atoms with Crippen molar-refractivity contribution in [3.63, 3.8) is 0 Å². The third-order valence-electron chi connectivity index (χ3n) is 2.34. The third kappa shape index (κ3) is 2.49. The fraction of sp³-hybridized carbons (Fsp3) is 0.600. The van der Waals surface area contributed by atoms with Gasteiger partial charge < -0.3 is 9.84 Å². The van der Waals surface area contributed by atoms with E-state index in [0.29, 0.717) is 5.88 Å². The molecule has 1 saturated heterocycles. The predicted octanol–water partition coefficient (Wildman–Crippen LogP) is 1.55. The Kier molecular flexibility index (Phi) is 3.85. The lowest BCUT2D eigenvalue weighted by atomic mass is 10.0. The van der Waals surface area contributed by atoms with Gasteiger partial charge >= 0.3 is 12.1 Å². The molecule has 1 amide bonds. The van der Waals surface area contributed by atoms with Gasteiger partial charge in [-0.1, -0.05) is 12.7 Å². The van der Waals surface area contributed by atoms with Gasteiger partial charge in [0.1, 0.15) is 12.6 Å². The van der Waals surface area contributed by atoms with Crippen molar-refractivity contribution in [2.24, 2.45) is 0 Å². The number of carboxylic acid groups (broad SMARTS) is 1. The Morgan fingerprint density at radius 1 is 1.69 bits per heavy atom. The van der Waals surface area contributed by atoms with E-state index in [1.54, 1.807) is 13.8 Å². The summed E-state index contributed by atoms with van der Waals surface area (Å²) in [4.78, 5) is 23.9. The second kappa shape index (κ2) is 4.78. The molecule has 0 saturated carbocycles. The van der Waals surface area contributed by atoms with Crippen LogP contribution in [0.5, 0.6) is 0 Å². The van der Waals surface area contributed by atoms with E-state index in [9.17, 15) is 9.59 Å². The van der Waals surface area contributed by atoms with Crippen LogP contribution >= 0.6 is 11.8 Å². The van der Waals surface area contributed by atoms with E-state index in [2.05, 4.69) is 6.58 Å². The molecule has 1 heterocycles. The second-order valence-electron chi connectivity index (χ2n) is 3.95. The molecule has 1 rings (SSSR count). The Hall–Kier alpha value is -1.17. The number of rotatable bonds is 3. The molecule has 6 heteroatoms. The number of hydrogen-bond acceptors (Lipinski definition) is 4. The number of amides is 1. The van der Waals surface area contributed by atoms with E-state index in [4.69, 9.17) is 9.84 Å². The lowest BCUT2D eigenvalue weighted by Crippen LogP contribution is -2.48. The molecule has 16 heavy (non-hydrogen) atoms. The molecule has 0 radical (unpaired) electrons. The van der Waals surface area contributed by atoms with Crippen LogP contribution in [0.1, 0.15) is 13.8 Å². The molecule has 5 nitrogen and oxygen atoms in total. The van der Waals surface area contributed by atoms with Gasteiger partial charge in [0.2, 0.25) is 0 Å². The number of hydrogen-bond donors (Lipinski definition) is 1. The van der Waals surface area contributed by atoms with Crippen LogP contribution in [0.4, 0.5) is 4.79 Å². The zero-order valence-corrected chi connectivity index (χ0v) is 10.1. The fourth-order valence-corrected chi connectivity index (χ4v) is 2.68. The first-order chi connectivity index (χ1) is 7.40. The van der Waals surface area contributed by atoms with Crippen LogP contribution in [0.3, 0.4) is 0 Å². The van der Waals surface area contributed by atoms with Gasteiger partial charge in [0.25, 0.3) is 0 Å². The highest BCUT2D eigenvalue weighted by Crippen LogP contribution is 2.39. The SMILES string of the molecule is C=CCOC(=O)N1CSC(C)(C)C1C(=O)O. The van der Waals surface area contributed by atoms with Crippen LogP contribution in [0.25, 0.3) is 0 Å². The summed E-state index contributed by atoms with van der Waals surface area (Å²) in [6.07, 6.45) is 0.840. The minimum absolute atomic E-state index is 0.0900. The summed E-state index contributed by atoms with van der Waals surface area (Å²) in [5.41, 5.74) is 0. The average Bonchev–Trinajstić information content (AvgIpc) is 2.50. The highest BCUT2D eigenvalue weighted by Gasteiger charge is 2.48. The third-order valence-corrected chi connectivity index (χ3v) is 3.71. The van der Waals surface area contributed by atoms with E-state index in [-0.39, 0.29) is 6.61 Å². The van der Waals surface area contributed by atoms with Gasteiger partial charge in [0, 0.05) is 4.75 Å². The molecule has 1 fully saturated rings. The monoisotopic (exact) mass is 245 g/mol. The van der Waals surface area contributed by atoms with Crippen LogP contribution in [0, 0.1) is 0 Å². The maximum Gasteiger partial charge on any atom is 0.411 e. The summed E-state index contributed by atoms with van der Waals surface area (Å²) in [5.74, 6) is -0.675. The molecular formula is C10H15NO4S. The van der Waals surface area contributed by atoms with Crippen molar-refractivity contribution < 1.29 is 19.4 Å². The van der Waals surface area contributed by atoms with Crippen molar-refractivity contribution >= 4 is 23.8 Å². The Morgan fingerprint density at radius 3 is 2.81 bits per heavy atom. The highest BCUT2D eigenvalue weighted by atomic mass is 32.2. The molecule has 90 valence electrons. The summed E-state index contributed by atoms with van der Waals surface area (Å²) >= 11 is 1.42. The Morgan fingerprint density at radius 2 is 2.31 bits per heavy atom. The van der Waals surface area contributed by atoms with E-state index in [0.717, 1.165) is 0 Å². The number of aliphatic carboxylic acids is 1. The maximum atomic E-state index is 11.6. The quantitative estimate of drug-likeness (QED) is 0.764. The second-order valence-corrected chi connectivity index (χ2v) is 5.55. The number of thioether (sulfide) groups is 1. The zero-order chi connectivity index (χ0) is 12.3. The van der Waals surface area contributed by atoms with Crippen molar-refractivity contribution in [3.05, 3.63) is 12.7 Å². The van der Waals surface area contributed by atoms with Crippen LogP contribution in [0.15, 0.2) is 12.7 Å². The van der Waals surface area contributed by atoms with E-state index >= 15 is 0 Å². The van der Waals surface area contributed by atoms with Gasteiger partial charge in [0.15, 0.2) is 0 Å². The molecule has 1 aliphatic heterocycles. The summed E-state index contributed by atoms with van der Waals surface area (Å²) in [7, 11) is 0. The predicted molar refractivity (Wildman–Crippen MR) is 61.3 cm³/mol. The first-order valence-electron chi connectivity index (χ1n) is 4.81. The lowest BCUT2D eigenvalue weighted by Gasteiger charge is -2.26. The molecule has 0 aliphatic carbocycles. The number of carbonyl (C=O) groups is 2. The van der Waals surface area contributed by atoms with Gasteiger partial charge in [-0.15, -0.1) is 11.8 Å². The number of ether oxygens (including phenoxy) is 1. The minimum Gasteiger partial charge on any atom is -0.480 e. The van der Waals surface area contributed by atoms with Crippen LogP contribution in [0.2, 0.25) is 0 Å². The van der Waals surface area contributed by atoms with Crippen LogP contribution in [-0.4, -0.2) is 45.3 Å². The van der Waals surface area contributed by atoms with E-state index < -0.39 is 22.9 Å². The first kappa shape index (κ1) is 12.9. The van der Waals surface area contributed by atoms with Gasteiger partial charge in [-0.05, 0) is 13.8 Å². The average molecular weight is 245 g/mol. The number of carboxylic acids is 1. The largest absolute Gasteiger partial charge is 0.480 e. The van der Waals surface area contributed by atoms with Crippen molar-refractivity contribution in [2.75, 3.05) is 12.5 Å². The molecule has 1 N–H and O–H groups in total. The Balaban J connectivity index is 2.77. The topological polar surface area (TPSA) is 66.8 Å². The molecule has 0 bridgehead atoms. The normalized spacial score (nSPS) is 22.9. The van der Waals surface area contributed by atoms with Gasteiger partial charge in [0.05, 0.1) is 5.88 Å². The molecule has 0 spiro atoms. The molecule has 1 atom stereocenters. The maximum absolute atomic E-state index is 11.6. The van der Waals surface area contributed by atoms with Crippen molar-refractivity contribution in [1.82, 2.24) is 4.90 Å². The van der Waals surface area contributed by atoms with Crippen LogP contribution < -0.4 is 0 Å². The zero-order valence-electron chi connectivity index (χ0n) is 9.30. The fourth-order valence-electron chi connectivity index (χ4n) is 1.57. The molecule has 1 unspecified atom stereocenters. The van der Waals surface area contributed by atoms with E-state index in [1.165, 1.54) is 22.7 Å². The summed E-state index contributed by atoms with van der Waals surface area (Å²) in [5, 5.41) is 9.11. The summed E-state index contributed by atoms with van der Waals surface area (Å²) in [6, 6.07) is -0.852. The number of carbonyl (C=O) groups excluding carboxylic acids is 1. The molecule has 0 aromatic heterocycles. The van der Waals surface area contributed by atoms with Crippen LogP contribution in [-0.2, 0) is 9.53 Å². The van der Waals surface area contributed by atoms with Gasteiger partial charge in [-0.2, -0.15) is 0 Å². The number of nitrogens with zero attached hydrogens (tertiary/aromatic N) is 1. The first-order valence-corrected chi connectivity index (χ1v) is 5.79. The lowest BCUT2D eigenvalue weighted by molar-refractivity contribution is -0.142. The van der Waals surface area contributed by atoms with Gasteiger partial charge in [-0.25, -0.2) is 9.59 Å². The molecule has 0 aromatic rings. The highest BCUT2D eigenvalue weighted by molar-refractivity contribution is 8.00. The molecule has 0 aromatic carbocycles. The molecule has 1 aliphatic rings. The van der Waals surface area contributed by atoms with Crippen molar-refractivity contribution in [1.29, 1.82) is 0 Å². The van der Waals surface area contributed by atoms with Crippen molar-refractivity contribution in [3.8, 4) is 0 Å². The Bertz CT molecular complexity index is 316. The summed E-state index contributed by atoms with van der Waals surface area (Å²) < 4.78 is 4.34. The van der Waals surface area contributed by atoms with Crippen molar-refractivity contribution in [2.45, 2.75) is 24.6 Å².